The lowest BCUT2D eigenvalue weighted by Crippen LogP contribution is -2.14. The molecule has 2 rings (SSSR count). The molecule has 0 amide bonds. The Kier molecular flexibility index (Phi) is 3.95. The molecule has 0 bridgehead atoms. The lowest BCUT2D eigenvalue weighted by Gasteiger charge is -2.09. The van der Waals surface area contributed by atoms with Crippen molar-refractivity contribution in [3.05, 3.63) is 53.3 Å². The fraction of sp³-hybridized carbons (Fsp3) is 0.143. The van der Waals surface area contributed by atoms with Crippen molar-refractivity contribution >= 4 is 21.7 Å². The average molecular weight is 306 g/mol. The predicted octanol–water partition coefficient (Wildman–Crippen LogP) is 2.20. The van der Waals surface area contributed by atoms with Gasteiger partial charge >= 0.3 is 5.97 Å². The Morgan fingerprint density at radius 2 is 1.76 bits per heavy atom. The molecular weight excluding hydrogens is 292 g/mol. The van der Waals surface area contributed by atoms with Gasteiger partial charge in [0.05, 0.1) is 16.8 Å². The minimum absolute atomic E-state index is 0.149. The van der Waals surface area contributed by atoms with Gasteiger partial charge in [-0.3, -0.25) is 4.72 Å². The number of anilines is 1. The summed E-state index contributed by atoms with van der Waals surface area (Å²) in [4.78, 5) is 14.5. The van der Waals surface area contributed by atoms with Gasteiger partial charge in [-0.2, -0.15) is 0 Å². The Bertz CT molecular complexity index is 763. The first kappa shape index (κ1) is 15.0. The summed E-state index contributed by atoms with van der Waals surface area (Å²) in [6.45, 7) is 3.63. The molecule has 1 heterocycles. The monoisotopic (exact) mass is 306 g/mol. The van der Waals surface area contributed by atoms with E-state index < -0.39 is 16.0 Å². The van der Waals surface area contributed by atoms with Crippen LogP contribution >= 0.6 is 0 Å². The Labute approximate surface area is 122 Å². The van der Waals surface area contributed by atoms with Gasteiger partial charge in [0.1, 0.15) is 5.69 Å². The van der Waals surface area contributed by atoms with E-state index >= 15 is 0 Å². The molecule has 0 aliphatic carbocycles. The number of aryl methyl sites for hydroxylation is 2. The molecule has 110 valence electrons. The summed E-state index contributed by atoms with van der Waals surface area (Å²) in [6, 6.07) is 7.60. The molecule has 0 fully saturated rings. The molecule has 1 aromatic carbocycles. The molecule has 2 N–H and O–H groups in total. The van der Waals surface area contributed by atoms with E-state index in [0.29, 0.717) is 0 Å². The van der Waals surface area contributed by atoms with E-state index in [1.807, 2.05) is 19.9 Å². The molecule has 0 radical (unpaired) electrons. The van der Waals surface area contributed by atoms with Crippen molar-refractivity contribution in [1.29, 1.82) is 0 Å². The number of carboxylic acid groups (broad SMARTS) is 1. The molecule has 0 aliphatic heterocycles. The number of hydrogen-bond donors (Lipinski definition) is 2. The van der Waals surface area contributed by atoms with Crippen LogP contribution in [0.2, 0.25) is 0 Å². The van der Waals surface area contributed by atoms with Crippen molar-refractivity contribution in [3.8, 4) is 0 Å². The third-order valence-corrected chi connectivity index (χ3v) is 4.10. The second-order valence-electron chi connectivity index (χ2n) is 4.67. The normalized spacial score (nSPS) is 11.1. The van der Waals surface area contributed by atoms with E-state index in [1.165, 1.54) is 18.3 Å². The first-order valence-electron chi connectivity index (χ1n) is 6.08. The zero-order valence-electron chi connectivity index (χ0n) is 11.5. The van der Waals surface area contributed by atoms with Crippen LogP contribution < -0.4 is 4.72 Å². The molecule has 0 atom stereocenters. The zero-order chi connectivity index (χ0) is 15.6. The Morgan fingerprint density at radius 1 is 1.14 bits per heavy atom. The van der Waals surface area contributed by atoms with E-state index in [-0.39, 0.29) is 16.3 Å². The molecule has 0 saturated heterocycles. The van der Waals surface area contributed by atoms with Crippen LogP contribution in [0.4, 0.5) is 5.69 Å². The minimum Gasteiger partial charge on any atom is -0.477 e. The van der Waals surface area contributed by atoms with Gasteiger partial charge in [-0.25, -0.2) is 18.2 Å². The molecule has 6 nitrogen and oxygen atoms in total. The molecule has 1 aromatic heterocycles. The summed E-state index contributed by atoms with van der Waals surface area (Å²) in [5.74, 6) is -1.17. The van der Waals surface area contributed by atoms with Crippen molar-refractivity contribution in [2.45, 2.75) is 18.7 Å². The summed E-state index contributed by atoms with van der Waals surface area (Å²) < 4.78 is 26.9. The van der Waals surface area contributed by atoms with E-state index in [4.69, 9.17) is 5.11 Å². The van der Waals surface area contributed by atoms with Crippen LogP contribution in [0.15, 0.2) is 41.4 Å². The van der Waals surface area contributed by atoms with Gasteiger partial charge in [-0.15, -0.1) is 0 Å². The van der Waals surface area contributed by atoms with Gasteiger partial charge in [0.2, 0.25) is 0 Å². The number of nitrogens with one attached hydrogen (secondary N) is 1. The molecular formula is C14H14N2O4S. The summed E-state index contributed by atoms with van der Waals surface area (Å²) in [5, 5.41) is 8.75. The molecule has 0 spiro atoms. The Hall–Kier alpha value is -2.41. The second-order valence-corrected chi connectivity index (χ2v) is 6.35. The van der Waals surface area contributed by atoms with Gasteiger partial charge in [0.15, 0.2) is 0 Å². The van der Waals surface area contributed by atoms with Crippen molar-refractivity contribution in [3.63, 3.8) is 0 Å². The highest BCUT2D eigenvalue weighted by Crippen LogP contribution is 2.18. The van der Waals surface area contributed by atoms with Crippen LogP contribution in [-0.4, -0.2) is 24.5 Å². The maximum absolute atomic E-state index is 12.3. The fourth-order valence-electron chi connectivity index (χ4n) is 1.88. The SMILES string of the molecule is Cc1cc(C)cc(S(=O)(=O)Nc2ccc(C(=O)O)nc2)c1. The van der Waals surface area contributed by atoms with Gasteiger partial charge in [0.25, 0.3) is 10.0 Å². The van der Waals surface area contributed by atoms with Crippen molar-refractivity contribution in [2.24, 2.45) is 0 Å². The number of hydrogen-bond acceptors (Lipinski definition) is 4. The standard InChI is InChI=1S/C14H14N2O4S/c1-9-5-10(2)7-12(6-9)21(19,20)16-11-3-4-13(14(17)18)15-8-11/h3-8,16H,1-2H3,(H,17,18). The summed E-state index contributed by atoms with van der Waals surface area (Å²) in [5.41, 5.74) is 1.74. The Morgan fingerprint density at radius 3 is 2.24 bits per heavy atom. The maximum atomic E-state index is 12.3. The van der Waals surface area contributed by atoms with Gasteiger partial charge < -0.3 is 5.11 Å². The Balaban J connectivity index is 2.30. The third-order valence-electron chi connectivity index (χ3n) is 2.74. The fourth-order valence-corrected chi connectivity index (χ4v) is 3.11. The number of benzene rings is 1. The number of carboxylic acids is 1. The van der Waals surface area contributed by atoms with Crippen LogP contribution in [0.1, 0.15) is 21.6 Å². The highest BCUT2D eigenvalue weighted by Gasteiger charge is 2.15. The molecule has 0 unspecified atom stereocenters. The van der Waals surface area contributed by atoms with Crippen LogP contribution in [0.5, 0.6) is 0 Å². The van der Waals surface area contributed by atoms with Crippen LogP contribution in [0, 0.1) is 13.8 Å². The molecule has 7 heteroatoms. The van der Waals surface area contributed by atoms with Gasteiger partial charge in [-0.05, 0) is 49.2 Å². The molecule has 21 heavy (non-hydrogen) atoms. The third kappa shape index (κ3) is 3.57. The summed E-state index contributed by atoms with van der Waals surface area (Å²) in [6.07, 6.45) is 1.17. The molecule has 0 saturated carbocycles. The maximum Gasteiger partial charge on any atom is 0.354 e. The van der Waals surface area contributed by atoms with E-state index in [2.05, 4.69) is 9.71 Å². The van der Waals surface area contributed by atoms with Crippen LogP contribution in [0.3, 0.4) is 0 Å². The highest BCUT2D eigenvalue weighted by molar-refractivity contribution is 7.92. The second kappa shape index (κ2) is 5.53. The van der Waals surface area contributed by atoms with E-state index in [0.717, 1.165) is 11.1 Å². The number of aromatic carboxylic acids is 1. The molecule has 2 aromatic rings. The zero-order valence-corrected chi connectivity index (χ0v) is 12.3. The number of pyridine rings is 1. The highest BCUT2D eigenvalue weighted by atomic mass is 32.2. The number of carbonyl (C=O) groups is 1. The number of rotatable bonds is 4. The van der Waals surface area contributed by atoms with Crippen molar-refractivity contribution in [1.82, 2.24) is 4.98 Å². The first-order valence-corrected chi connectivity index (χ1v) is 7.57. The predicted molar refractivity (Wildman–Crippen MR) is 77.9 cm³/mol. The van der Waals surface area contributed by atoms with E-state index in [9.17, 15) is 13.2 Å². The average Bonchev–Trinajstić information content (AvgIpc) is 2.37. The number of aromatic nitrogens is 1. The minimum atomic E-state index is -3.73. The quantitative estimate of drug-likeness (QED) is 0.902. The van der Waals surface area contributed by atoms with Gasteiger partial charge in [-0.1, -0.05) is 6.07 Å². The van der Waals surface area contributed by atoms with Crippen molar-refractivity contribution in [2.75, 3.05) is 4.72 Å². The topological polar surface area (TPSA) is 96.4 Å². The number of nitrogens with zero attached hydrogens (tertiary/aromatic N) is 1. The van der Waals surface area contributed by atoms with Gasteiger partial charge in [0, 0.05) is 0 Å². The molecule has 0 aliphatic rings. The van der Waals surface area contributed by atoms with Crippen LogP contribution in [0.25, 0.3) is 0 Å². The lowest BCUT2D eigenvalue weighted by molar-refractivity contribution is 0.0690. The largest absolute Gasteiger partial charge is 0.477 e. The lowest BCUT2D eigenvalue weighted by atomic mass is 10.2. The van der Waals surface area contributed by atoms with Crippen molar-refractivity contribution < 1.29 is 18.3 Å². The van der Waals surface area contributed by atoms with Crippen LogP contribution in [-0.2, 0) is 10.0 Å². The smallest absolute Gasteiger partial charge is 0.354 e. The number of sulfonamides is 1. The summed E-state index contributed by atoms with van der Waals surface area (Å²) in [7, 11) is -3.73. The summed E-state index contributed by atoms with van der Waals surface area (Å²) >= 11 is 0. The van der Waals surface area contributed by atoms with E-state index in [1.54, 1.807) is 12.1 Å². The first-order chi connectivity index (χ1) is 9.78.